The van der Waals surface area contributed by atoms with Crippen LogP contribution in [0.15, 0.2) is 18.3 Å². The van der Waals surface area contributed by atoms with Crippen LogP contribution in [0.3, 0.4) is 0 Å². The van der Waals surface area contributed by atoms with Crippen LogP contribution in [0, 0.1) is 12.3 Å². The molecule has 0 atom stereocenters. The van der Waals surface area contributed by atoms with Crippen LogP contribution < -0.4 is 5.32 Å². The number of rotatable bonds is 4. The highest BCUT2D eigenvalue weighted by molar-refractivity contribution is 5.17. The number of pyridine rings is 1. The van der Waals surface area contributed by atoms with E-state index in [0.29, 0.717) is 5.41 Å². The van der Waals surface area contributed by atoms with Crippen LogP contribution in [0.4, 0.5) is 0 Å². The van der Waals surface area contributed by atoms with Gasteiger partial charge in [0.25, 0.3) is 0 Å². The van der Waals surface area contributed by atoms with Crippen LogP contribution in [0.1, 0.15) is 43.9 Å². The second-order valence-electron chi connectivity index (χ2n) is 5.39. The summed E-state index contributed by atoms with van der Waals surface area (Å²) in [5.74, 6) is 0. The molecular weight excluding hydrogens is 196 g/mol. The summed E-state index contributed by atoms with van der Waals surface area (Å²) in [6.07, 6.45) is 7.44. The van der Waals surface area contributed by atoms with Gasteiger partial charge in [-0.2, -0.15) is 0 Å². The Kier molecular flexibility index (Phi) is 3.59. The minimum Gasteiger partial charge on any atom is -0.311 e. The summed E-state index contributed by atoms with van der Waals surface area (Å²) in [7, 11) is 0. The molecule has 1 aliphatic rings. The van der Waals surface area contributed by atoms with Gasteiger partial charge in [0.15, 0.2) is 0 Å². The molecule has 0 unspecified atom stereocenters. The van der Waals surface area contributed by atoms with Gasteiger partial charge in [0, 0.05) is 19.3 Å². The SMILES string of the molecule is Cc1cccnc1CNCC1(C)CCCC1. The van der Waals surface area contributed by atoms with Gasteiger partial charge in [-0.15, -0.1) is 0 Å². The van der Waals surface area contributed by atoms with Gasteiger partial charge in [-0.1, -0.05) is 25.8 Å². The molecule has 88 valence electrons. The molecule has 1 aliphatic carbocycles. The molecule has 2 heteroatoms. The van der Waals surface area contributed by atoms with Gasteiger partial charge in [-0.25, -0.2) is 0 Å². The van der Waals surface area contributed by atoms with Crippen LogP contribution in [0.2, 0.25) is 0 Å². The first kappa shape index (κ1) is 11.6. The lowest BCUT2D eigenvalue weighted by molar-refractivity contribution is 0.314. The van der Waals surface area contributed by atoms with Gasteiger partial charge in [0.2, 0.25) is 0 Å². The lowest BCUT2D eigenvalue weighted by Gasteiger charge is -2.23. The van der Waals surface area contributed by atoms with Gasteiger partial charge in [0.05, 0.1) is 5.69 Å². The number of hydrogen-bond acceptors (Lipinski definition) is 2. The lowest BCUT2D eigenvalue weighted by Crippen LogP contribution is -2.29. The molecule has 0 saturated heterocycles. The smallest absolute Gasteiger partial charge is 0.0570 e. The number of nitrogens with one attached hydrogen (secondary N) is 1. The van der Waals surface area contributed by atoms with E-state index in [9.17, 15) is 0 Å². The molecule has 2 rings (SSSR count). The van der Waals surface area contributed by atoms with Crippen molar-refractivity contribution in [1.82, 2.24) is 10.3 Å². The third-order valence-corrected chi connectivity index (χ3v) is 3.77. The summed E-state index contributed by atoms with van der Waals surface area (Å²) in [5, 5.41) is 3.56. The largest absolute Gasteiger partial charge is 0.311 e. The van der Waals surface area contributed by atoms with E-state index in [0.717, 1.165) is 13.1 Å². The highest BCUT2D eigenvalue weighted by Gasteiger charge is 2.27. The first-order valence-electron chi connectivity index (χ1n) is 6.31. The highest BCUT2D eigenvalue weighted by Crippen LogP contribution is 2.36. The zero-order chi connectivity index (χ0) is 11.4. The summed E-state index contributed by atoms with van der Waals surface area (Å²) < 4.78 is 0. The zero-order valence-corrected chi connectivity index (χ0v) is 10.4. The average molecular weight is 218 g/mol. The Morgan fingerprint density at radius 3 is 2.81 bits per heavy atom. The van der Waals surface area contributed by atoms with Gasteiger partial charge in [-0.05, 0) is 36.8 Å². The molecule has 1 aromatic heterocycles. The van der Waals surface area contributed by atoms with Crippen molar-refractivity contribution in [2.24, 2.45) is 5.41 Å². The molecule has 0 aromatic carbocycles. The summed E-state index contributed by atoms with van der Waals surface area (Å²) in [6, 6.07) is 4.12. The van der Waals surface area contributed by atoms with Gasteiger partial charge in [-0.3, -0.25) is 4.98 Å². The van der Waals surface area contributed by atoms with Crippen molar-refractivity contribution in [2.75, 3.05) is 6.54 Å². The van der Waals surface area contributed by atoms with Gasteiger partial charge < -0.3 is 5.32 Å². The molecule has 1 N–H and O–H groups in total. The van der Waals surface area contributed by atoms with Crippen LogP contribution in [-0.4, -0.2) is 11.5 Å². The Bertz CT molecular complexity index is 340. The van der Waals surface area contributed by atoms with Crippen molar-refractivity contribution >= 4 is 0 Å². The molecule has 1 aromatic rings. The summed E-state index contributed by atoms with van der Waals surface area (Å²) in [4.78, 5) is 4.40. The normalized spacial score (nSPS) is 18.9. The Morgan fingerprint density at radius 2 is 2.12 bits per heavy atom. The molecule has 16 heavy (non-hydrogen) atoms. The molecule has 0 spiro atoms. The van der Waals surface area contributed by atoms with Crippen molar-refractivity contribution < 1.29 is 0 Å². The molecule has 2 nitrogen and oxygen atoms in total. The Balaban J connectivity index is 1.82. The molecule has 0 radical (unpaired) electrons. The molecule has 1 saturated carbocycles. The molecule has 1 fully saturated rings. The van der Waals surface area contributed by atoms with Crippen LogP contribution in [-0.2, 0) is 6.54 Å². The van der Waals surface area contributed by atoms with E-state index in [1.54, 1.807) is 0 Å². The molecule has 0 bridgehead atoms. The summed E-state index contributed by atoms with van der Waals surface area (Å²) >= 11 is 0. The Morgan fingerprint density at radius 1 is 1.38 bits per heavy atom. The summed E-state index contributed by atoms with van der Waals surface area (Å²) in [5.41, 5.74) is 3.00. The predicted octanol–water partition coefficient (Wildman–Crippen LogP) is 3.06. The fourth-order valence-corrected chi connectivity index (χ4v) is 2.59. The standard InChI is InChI=1S/C14H22N2/c1-12-6-5-9-16-13(12)10-15-11-14(2)7-3-4-8-14/h5-6,9,15H,3-4,7-8,10-11H2,1-2H3. The van der Waals surface area contributed by atoms with E-state index in [4.69, 9.17) is 0 Å². The number of aromatic nitrogens is 1. The first-order valence-corrected chi connectivity index (χ1v) is 6.31. The molecule has 0 aliphatic heterocycles. The number of hydrogen-bond donors (Lipinski definition) is 1. The van der Waals surface area contributed by atoms with Crippen LogP contribution in [0.25, 0.3) is 0 Å². The fraction of sp³-hybridized carbons (Fsp3) is 0.643. The monoisotopic (exact) mass is 218 g/mol. The van der Waals surface area contributed by atoms with E-state index in [1.807, 2.05) is 12.3 Å². The highest BCUT2D eigenvalue weighted by atomic mass is 14.9. The van der Waals surface area contributed by atoms with Crippen molar-refractivity contribution in [3.8, 4) is 0 Å². The van der Waals surface area contributed by atoms with Gasteiger partial charge >= 0.3 is 0 Å². The number of aryl methyl sites for hydroxylation is 1. The molecule has 1 heterocycles. The van der Waals surface area contributed by atoms with Crippen molar-refractivity contribution in [2.45, 2.75) is 46.1 Å². The zero-order valence-electron chi connectivity index (χ0n) is 10.4. The molecule has 0 amide bonds. The fourth-order valence-electron chi connectivity index (χ4n) is 2.59. The van der Waals surface area contributed by atoms with Crippen LogP contribution >= 0.6 is 0 Å². The average Bonchev–Trinajstić information content (AvgIpc) is 2.68. The quantitative estimate of drug-likeness (QED) is 0.840. The molecular formula is C14H22N2. The maximum absolute atomic E-state index is 4.40. The van der Waals surface area contributed by atoms with Gasteiger partial charge in [0.1, 0.15) is 0 Å². The first-order chi connectivity index (χ1) is 7.70. The summed E-state index contributed by atoms with van der Waals surface area (Å²) in [6.45, 7) is 6.56. The third kappa shape index (κ3) is 2.82. The van der Waals surface area contributed by atoms with Crippen molar-refractivity contribution in [1.29, 1.82) is 0 Å². The maximum Gasteiger partial charge on any atom is 0.0570 e. The third-order valence-electron chi connectivity index (χ3n) is 3.77. The van der Waals surface area contributed by atoms with E-state index in [2.05, 4.69) is 30.2 Å². The van der Waals surface area contributed by atoms with Crippen molar-refractivity contribution in [3.63, 3.8) is 0 Å². The second kappa shape index (κ2) is 4.96. The predicted molar refractivity (Wildman–Crippen MR) is 67.3 cm³/mol. The Labute approximate surface area is 98.5 Å². The van der Waals surface area contributed by atoms with E-state index in [-0.39, 0.29) is 0 Å². The number of nitrogens with zero attached hydrogens (tertiary/aromatic N) is 1. The minimum atomic E-state index is 0.530. The lowest BCUT2D eigenvalue weighted by atomic mass is 9.89. The Hall–Kier alpha value is -0.890. The maximum atomic E-state index is 4.40. The van der Waals surface area contributed by atoms with E-state index < -0.39 is 0 Å². The van der Waals surface area contributed by atoms with E-state index >= 15 is 0 Å². The van der Waals surface area contributed by atoms with Crippen molar-refractivity contribution in [3.05, 3.63) is 29.6 Å². The topological polar surface area (TPSA) is 24.9 Å². The van der Waals surface area contributed by atoms with E-state index in [1.165, 1.54) is 36.9 Å². The second-order valence-corrected chi connectivity index (χ2v) is 5.39. The van der Waals surface area contributed by atoms with Crippen LogP contribution in [0.5, 0.6) is 0 Å². The minimum absolute atomic E-state index is 0.530.